The lowest BCUT2D eigenvalue weighted by Crippen LogP contribution is -2.46. The van der Waals surface area contributed by atoms with Gasteiger partial charge in [0, 0.05) is 23.9 Å². The Labute approximate surface area is 272 Å². The largest absolute Gasteiger partial charge is 0.462 e. The molecule has 0 radical (unpaired) electrons. The van der Waals surface area contributed by atoms with Crippen LogP contribution in [0.15, 0.2) is 41.8 Å². The highest BCUT2D eigenvalue weighted by Crippen LogP contribution is 2.45. The number of thiophene rings is 1. The molecule has 4 aliphatic rings. The van der Waals surface area contributed by atoms with Gasteiger partial charge >= 0.3 is 5.95 Å². The van der Waals surface area contributed by atoms with Crippen molar-refractivity contribution in [2.75, 3.05) is 38.6 Å². The van der Waals surface area contributed by atoms with Gasteiger partial charge in [-0.15, -0.1) is 11.3 Å². The lowest BCUT2D eigenvalue weighted by Gasteiger charge is -2.33. The molecule has 5 heterocycles. The second kappa shape index (κ2) is 11.5. The fraction of sp³-hybridized carbons (Fsp3) is 0.355. The first-order valence-corrected chi connectivity index (χ1v) is 15.7. The summed E-state index contributed by atoms with van der Waals surface area (Å²) in [4.78, 5) is 8.11. The Bertz CT molecular complexity index is 2050. The number of anilines is 1. The van der Waals surface area contributed by atoms with Crippen molar-refractivity contribution < 1.29 is 35.8 Å². The van der Waals surface area contributed by atoms with E-state index >= 15 is 4.39 Å². The Morgan fingerprint density at radius 3 is 2.85 bits per heavy atom. The van der Waals surface area contributed by atoms with E-state index < -0.39 is 60.6 Å². The zero-order chi connectivity index (χ0) is 33.4. The first kappa shape index (κ1) is 31.5. The summed E-state index contributed by atoms with van der Waals surface area (Å²) in [5.74, 6) is -4.22. The standard InChI is InChI=1S/C31H25ClF6N6O2S/c1-14(33)44-13-41-26-23-27(25(38)22(24(26)32)16-3-4-18(35)28-21(16)17(8-39)29(40)47-28)46-20(11-42(30(23)44)10-19(36)37)45-12-31-5-2-6-43(31)9-15(34)7-31/h3-4,11,15,19H,1-2,5-7,9-10,12-13,40H2/t15-,31+/m1/s1. The second-order valence-corrected chi connectivity index (χ2v) is 13.1. The van der Waals surface area contributed by atoms with E-state index in [9.17, 15) is 27.2 Å². The van der Waals surface area contributed by atoms with Gasteiger partial charge in [-0.2, -0.15) is 9.65 Å². The highest BCUT2D eigenvalue weighted by Gasteiger charge is 2.49. The first-order valence-electron chi connectivity index (χ1n) is 14.5. The number of benzene rings is 2. The minimum absolute atomic E-state index is 0.000777. The third kappa shape index (κ3) is 4.96. The van der Waals surface area contributed by atoms with Crippen LogP contribution in [0, 0.1) is 23.0 Å². The lowest BCUT2D eigenvalue weighted by molar-refractivity contribution is 0.0245. The molecule has 0 unspecified atom stereocenters. The summed E-state index contributed by atoms with van der Waals surface area (Å²) in [7, 11) is 0. The summed E-state index contributed by atoms with van der Waals surface area (Å²) in [6.45, 7) is 2.62. The number of nitriles is 1. The summed E-state index contributed by atoms with van der Waals surface area (Å²) >= 11 is 7.62. The van der Waals surface area contributed by atoms with E-state index in [0.717, 1.165) is 39.8 Å². The molecule has 7 rings (SSSR count). The van der Waals surface area contributed by atoms with Crippen molar-refractivity contribution in [2.45, 2.75) is 37.4 Å². The number of hydrogen-bond acceptors (Lipinski definition) is 9. The number of halogens is 7. The summed E-state index contributed by atoms with van der Waals surface area (Å²) in [5, 5.41) is 9.13. The fourth-order valence-corrected chi connectivity index (χ4v) is 8.30. The minimum Gasteiger partial charge on any atom is -0.462 e. The van der Waals surface area contributed by atoms with Gasteiger partial charge in [-0.1, -0.05) is 17.7 Å². The predicted molar refractivity (Wildman–Crippen MR) is 163 cm³/mol. The maximum Gasteiger partial charge on any atom is 0.302 e. The average Bonchev–Trinajstić information content (AvgIpc) is 3.63. The van der Waals surface area contributed by atoms with Crippen LogP contribution in [0.4, 0.5) is 31.3 Å². The van der Waals surface area contributed by atoms with Crippen LogP contribution < -0.4 is 21.0 Å². The van der Waals surface area contributed by atoms with Gasteiger partial charge < -0.3 is 20.1 Å². The molecule has 2 atom stereocenters. The van der Waals surface area contributed by atoms with Crippen LogP contribution in [0.2, 0.25) is 5.02 Å². The molecule has 1 aromatic heterocycles. The Morgan fingerprint density at radius 1 is 1.34 bits per heavy atom. The number of nitrogen functional groups attached to an aromatic ring is 1. The van der Waals surface area contributed by atoms with Gasteiger partial charge in [0.1, 0.15) is 42.2 Å². The van der Waals surface area contributed by atoms with E-state index in [1.54, 1.807) is 0 Å². The van der Waals surface area contributed by atoms with Gasteiger partial charge in [-0.3, -0.25) is 14.8 Å². The first-order chi connectivity index (χ1) is 22.4. The van der Waals surface area contributed by atoms with Crippen LogP contribution in [0.3, 0.4) is 0 Å². The highest BCUT2D eigenvalue weighted by atomic mass is 35.5. The van der Waals surface area contributed by atoms with E-state index in [1.807, 2.05) is 11.0 Å². The number of alkyl halides is 3. The molecular weight excluding hydrogens is 670 g/mol. The van der Waals surface area contributed by atoms with Gasteiger partial charge in [-0.05, 0) is 37.6 Å². The molecule has 16 heteroatoms. The topological polar surface area (TPSA) is 90.3 Å². The number of nitrogens with two attached hydrogens (primary N) is 1. The van der Waals surface area contributed by atoms with Gasteiger partial charge in [0.05, 0.1) is 44.1 Å². The predicted octanol–water partition coefficient (Wildman–Crippen LogP) is 5.70. The SMILES string of the molecule is C=C(F)N1CN=c2c(Cl)c(-c3ccc(F)c4sc(N)c(C#N)c34)c(F)c3c2=C1N(CC(F)F)C=C(OC[C@@]12CCCN1C[C@H](F)C2)O3. The van der Waals surface area contributed by atoms with Crippen LogP contribution in [0.5, 0.6) is 5.75 Å². The zero-order valence-corrected chi connectivity index (χ0v) is 26.0. The smallest absolute Gasteiger partial charge is 0.302 e. The second-order valence-electron chi connectivity index (χ2n) is 11.7. The molecule has 47 heavy (non-hydrogen) atoms. The quantitative estimate of drug-likeness (QED) is 0.251. The number of hydrogen-bond donors (Lipinski definition) is 1. The lowest BCUT2D eigenvalue weighted by atomic mass is 9.95. The summed E-state index contributed by atoms with van der Waals surface area (Å²) in [6.07, 6.45) is -1.38. The highest BCUT2D eigenvalue weighted by molar-refractivity contribution is 7.23. The molecule has 2 aromatic carbocycles. The Morgan fingerprint density at radius 2 is 2.13 bits per heavy atom. The Balaban J connectivity index is 1.46. The van der Waals surface area contributed by atoms with Gasteiger partial charge in [0.15, 0.2) is 17.5 Å². The van der Waals surface area contributed by atoms with Crippen LogP contribution in [-0.2, 0) is 4.74 Å². The normalized spacial score (nSPS) is 22.1. The van der Waals surface area contributed by atoms with Crippen molar-refractivity contribution in [3.8, 4) is 22.9 Å². The maximum atomic E-state index is 17.1. The van der Waals surface area contributed by atoms with Crippen LogP contribution in [0.1, 0.15) is 24.8 Å². The molecule has 0 amide bonds. The fourth-order valence-electron chi connectivity index (χ4n) is 7.01. The third-order valence-corrected chi connectivity index (χ3v) is 10.4. The summed E-state index contributed by atoms with van der Waals surface area (Å²) < 4.78 is 101. The van der Waals surface area contributed by atoms with Gasteiger partial charge in [-0.25, -0.2) is 22.0 Å². The molecule has 2 N–H and O–H groups in total. The minimum atomic E-state index is -2.95. The maximum absolute atomic E-state index is 17.1. The number of rotatable bonds is 7. The molecule has 0 bridgehead atoms. The third-order valence-electron chi connectivity index (χ3n) is 8.97. The van der Waals surface area contributed by atoms with Crippen LogP contribution in [-0.4, -0.2) is 65.7 Å². The van der Waals surface area contributed by atoms with Crippen molar-refractivity contribution >= 4 is 43.8 Å². The molecule has 0 spiro atoms. The Hall–Kier alpha value is -4.13. The van der Waals surface area contributed by atoms with Crippen molar-refractivity contribution in [3.63, 3.8) is 0 Å². The molecule has 4 aliphatic heterocycles. The van der Waals surface area contributed by atoms with Crippen molar-refractivity contribution in [1.82, 2.24) is 14.7 Å². The number of nitrogens with zero attached hydrogens (tertiary/aromatic N) is 5. The van der Waals surface area contributed by atoms with Gasteiger partial charge in [0.2, 0.25) is 0 Å². The molecule has 0 saturated carbocycles. The van der Waals surface area contributed by atoms with Crippen LogP contribution >= 0.6 is 22.9 Å². The van der Waals surface area contributed by atoms with E-state index in [1.165, 1.54) is 6.07 Å². The van der Waals surface area contributed by atoms with E-state index in [0.29, 0.717) is 13.0 Å². The van der Waals surface area contributed by atoms with E-state index in [-0.39, 0.29) is 72.8 Å². The summed E-state index contributed by atoms with van der Waals surface area (Å²) in [6, 6.07) is 4.22. The monoisotopic (exact) mass is 694 g/mol. The molecule has 3 aromatic rings. The van der Waals surface area contributed by atoms with Crippen molar-refractivity contribution in [1.29, 1.82) is 5.26 Å². The van der Waals surface area contributed by atoms with Crippen molar-refractivity contribution in [2.24, 2.45) is 4.99 Å². The van der Waals surface area contributed by atoms with Crippen LogP contribution in [0.25, 0.3) is 27.0 Å². The average molecular weight is 695 g/mol. The molecule has 2 fully saturated rings. The number of ether oxygens (including phenoxy) is 2. The zero-order valence-electron chi connectivity index (χ0n) is 24.4. The summed E-state index contributed by atoms with van der Waals surface area (Å²) in [5.41, 5.74) is 4.88. The van der Waals surface area contributed by atoms with E-state index in [2.05, 4.69) is 11.6 Å². The Kier molecular flexibility index (Phi) is 7.72. The van der Waals surface area contributed by atoms with E-state index in [4.69, 9.17) is 26.8 Å². The molecule has 8 nitrogen and oxygen atoms in total. The molecular formula is C31H25ClF6N6O2S. The van der Waals surface area contributed by atoms with Gasteiger partial charge in [0.25, 0.3) is 6.43 Å². The molecule has 246 valence electrons. The molecule has 2 saturated heterocycles. The number of fused-ring (bicyclic) bond motifs is 2. The molecule has 0 aliphatic carbocycles. The van der Waals surface area contributed by atoms with Crippen molar-refractivity contribution in [3.05, 3.63) is 69.6 Å².